The number of nitrogen functional groups attached to an aromatic ring is 1. The molecule has 0 radical (unpaired) electrons. The van der Waals surface area contributed by atoms with Gasteiger partial charge in [0.2, 0.25) is 0 Å². The first-order valence-corrected chi connectivity index (χ1v) is 6.25. The van der Waals surface area contributed by atoms with Gasteiger partial charge in [0.05, 0.1) is 0 Å². The van der Waals surface area contributed by atoms with Crippen molar-refractivity contribution in [1.29, 1.82) is 0 Å². The summed E-state index contributed by atoms with van der Waals surface area (Å²) in [6.45, 7) is 6.13. The molecule has 0 saturated carbocycles. The Morgan fingerprint density at radius 2 is 1.81 bits per heavy atom. The SMILES string of the molecule is CC.CCc1ccc(-c2nsc(N)n2)cc1. The zero-order valence-corrected chi connectivity index (χ0v) is 10.7. The third-order valence-electron chi connectivity index (χ3n) is 2.06. The van der Waals surface area contributed by atoms with Gasteiger partial charge in [-0.25, -0.2) is 0 Å². The Labute approximate surface area is 101 Å². The summed E-state index contributed by atoms with van der Waals surface area (Å²) in [5.41, 5.74) is 7.86. The third-order valence-corrected chi connectivity index (χ3v) is 2.60. The van der Waals surface area contributed by atoms with Crippen LogP contribution in [0.4, 0.5) is 5.13 Å². The molecule has 16 heavy (non-hydrogen) atoms. The van der Waals surface area contributed by atoms with E-state index < -0.39 is 0 Å². The molecular formula is C12H17N3S. The first-order valence-electron chi connectivity index (χ1n) is 5.48. The van der Waals surface area contributed by atoms with Gasteiger partial charge in [0, 0.05) is 17.1 Å². The molecule has 1 aromatic heterocycles. The van der Waals surface area contributed by atoms with Gasteiger partial charge in [0.25, 0.3) is 0 Å². The molecule has 0 aliphatic rings. The number of aryl methyl sites for hydroxylation is 1. The number of anilines is 1. The van der Waals surface area contributed by atoms with E-state index in [9.17, 15) is 0 Å². The zero-order valence-electron chi connectivity index (χ0n) is 9.90. The summed E-state index contributed by atoms with van der Waals surface area (Å²) in [5, 5.41) is 0.513. The average molecular weight is 235 g/mol. The van der Waals surface area contributed by atoms with Crippen molar-refractivity contribution in [2.75, 3.05) is 5.73 Å². The van der Waals surface area contributed by atoms with E-state index in [-0.39, 0.29) is 0 Å². The van der Waals surface area contributed by atoms with Gasteiger partial charge in [0.15, 0.2) is 11.0 Å². The molecule has 0 aliphatic carbocycles. The van der Waals surface area contributed by atoms with Crippen LogP contribution < -0.4 is 5.73 Å². The van der Waals surface area contributed by atoms with Crippen LogP contribution in [0.3, 0.4) is 0 Å². The normalized spacial score (nSPS) is 9.44. The van der Waals surface area contributed by atoms with E-state index in [1.807, 2.05) is 26.0 Å². The highest BCUT2D eigenvalue weighted by Crippen LogP contribution is 2.19. The molecule has 1 heterocycles. The van der Waals surface area contributed by atoms with Gasteiger partial charge < -0.3 is 5.73 Å². The van der Waals surface area contributed by atoms with Crippen molar-refractivity contribution >= 4 is 16.7 Å². The van der Waals surface area contributed by atoms with Crippen LogP contribution in [0.5, 0.6) is 0 Å². The lowest BCUT2D eigenvalue weighted by Gasteiger charge is -1.97. The van der Waals surface area contributed by atoms with Crippen LogP contribution in [0.1, 0.15) is 26.3 Å². The topological polar surface area (TPSA) is 51.8 Å². The van der Waals surface area contributed by atoms with Crippen LogP contribution in [0.15, 0.2) is 24.3 Å². The van der Waals surface area contributed by atoms with Crippen LogP contribution in [0, 0.1) is 0 Å². The summed E-state index contributed by atoms with van der Waals surface area (Å²) in [5.74, 6) is 0.718. The van der Waals surface area contributed by atoms with E-state index in [4.69, 9.17) is 5.73 Å². The maximum Gasteiger partial charge on any atom is 0.200 e. The van der Waals surface area contributed by atoms with Crippen LogP contribution in [0.2, 0.25) is 0 Å². The minimum Gasteiger partial charge on any atom is -0.374 e. The Morgan fingerprint density at radius 1 is 1.19 bits per heavy atom. The van der Waals surface area contributed by atoms with E-state index in [2.05, 4.69) is 28.4 Å². The fraction of sp³-hybridized carbons (Fsp3) is 0.333. The molecule has 0 bridgehead atoms. The molecule has 1 aromatic carbocycles. The monoisotopic (exact) mass is 235 g/mol. The standard InChI is InChI=1S/C10H11N3S.C2H6/c1-2-7-3-5-8(6-4-7)9-12-10(11)14-13-9;1-2/h3-6H,2H2,1H3,(H2,11,12,13);1-2H3. The fourth-order valence-corrected chi connectivity index (χ4v) is 1.70. The summed E-state index contributed by atoms with van der Waals surface area (Å²) in [7, 11) is 0. The summed E-state index contributed by atoms with van der Waals surface area (Å²) >= 11 is 1.23. The molecule has 2 aromatic rings. The van der Waals surface area contributed by atoms with Crippen molar-refractivity contribution in [1.82, 2.24) is 9.36 Å². The highest BCUT2D eigenvalue weighted by atomic mass is 32.1. The molecule has 0 aliphatic heterocycles. The van der Waals surface area contributed by atoms with Crippen LogP contribution in [-0.2, 0) is 6.42 Å². The van der Waals surface area contributed by atoms with Crippen molar-refractivity contribution in [2.24, 2.45) is 0 Å². The molecule has 3 nitrogen and oxygen atoms in total. The maximum atomic E-state index is 5.52. The highest BCUT2D eigenvalue weighted by molar-refractivity contribution is 7.09. The molecule has 2 N–H and O–H groups in total. The van der Waals surface area contributed by atoms with Gasteiger partial charge in [-0.05, 0) is 12.0 Å². The molecule has 4 heteroatoms. The van der Waals surface area contributed by atoms with Crippen molar-refractivity contribution in [3.05, 3.63) is 29.8 Å². The van der Waals surface area contributed by atoms with Gasteiger partial charge in [-0.1, -0.05) is 45.0 Å². The zero-order chi connectivity index (χ0) is 12.0. The Hall–Kier alpha value is -1.42. The van der Waals surface area contributed by atoms with E-state index in [0.717, 1.165) is 17.8 Å². The average Bonchev–Trinajstić information content (AvgIpc) is 2.79. The lowest BCUT2D eigenvalue weighted by Crippen LogP contribution is -1.85. The Bertz CT molecular complexity index is 420. The Morgan fingerprint density at radius 3 is 2.25 bits per heavy atom. The molecule has 0 saturated heterocycles. The summed E-state index contributed by atoms with van der Waals surface area (Å²) in [4.78, 5) is 4.12. The number of rotatable bonds is 2. The van der Waals surface area contributed by atoms with Gasteiger partial charge >= 0.3 is 0 Å². The van der Waals surface area contributed by atoms with Crippen LogP contribution in [0.25, 0.3) is 11.4 Å². The van der Waals surface area contributed by atoms with Gasteiger partial charge in [0.1, 0.15) is 0 Å². The van der Waals surface area contributed by atoms with Gasteiger partial charge in [-0.3, -0.25) is 0 Å². The largest absolute Gasteiger partial charge is 0.374 e. The van der Waals surface area contributed by atoms with Crippen molar-refractivity contribution in [2.45, 2.75) is 27.2 Å². The minimum absolute atomic E-state index is 0.513. The van der Waals surface area contributed by atoms with Crippen LogP contribution in [-0.4, -0.2) is 9.36 Å². The second kappa shape index (κ2) is 6.23. The van der Waals surface area contributed by atoms with Gasteiger partial charge in [-0.2, -0.15) is 9.36 Å². The van der Waals surface area contributed by atoms with Crippen molar-refractivity contribution < 1.29 is 0 Å². The molecule has 0 amide bonds. The molecule has 0 fully saturated rings. The number of hydrogen-bond donors (Lipinski definition) is 1. The van der Waals surface area contributed by atoms with E-state index in [1.54, 1.807) is 0 Å². The summed E-state index contributed by atoms with van der Waals surface area (Å²) < 4.78 is 4.15. The predicted octanol–water partition coefficient (Wildman–Crippen LogP) is 3.38. The minimum atomic E-state index is 0.513. The highest BCUT2D eigenvalue weighted by Gasteiger charge is 2.03. The second-order valence-corrected chi connectivity index (χ2v) is 3.79. The molecule has 0 unspecified atom stereocenters. The predicted molar refractivity (Wildman–Crippen MR) is 70.5 cm³/mol. The van der Waals surface area contributed by atoms with E-state index in [0.29, 0.717) is 5.13 Å². The van der Waals surface area contributed by atoms with Crippen molar-refractivity contribution in [3.63, 3.8) is 0 Å². The smallest absolute Gasteiger partial charge is 0.200 e. The van der Waals surface area contributed by atoms with Crippen LogP contribution >= 0.6 is 11.5 Å². The number of nitrogens with two attached hydrogens (primary N) is 1. The summed E-state index contributed by atoms with van der Waals surface area (Å²) in [6.07, 6.45) is 1.05. The molecule has 0 atom stereocenters. The fourth-order valence-electron chi connectivity index (χ4n) is 1.24. The van der Waals surface area contributed by atoms with E-state index >= 15 is 0 Å². The van der Waals surface area contributed by atoms with Gasteiger partial charge in [-0.15, -0.1) is 0 Å². The molecule has 86 valence electrons. The Kier molecular flexibility index (Phi) is 4.92. The number of aromatic nitrogens is 2. The summed E-state index contributed by atoms with van der Waals surface area (Å²) in [6, 6.07) is 8.24. The van der Waals surface area contributed by atoms with E-state index in [1.165, 1.54) is 17.1 Å². The molecule has 0 spiro atoms. The molecule has 2 rings (SSSR count). The molecular weight excluding hydrogens is 218 g/mol. The lowest BCUT2D eigenvalue weighted by atomic mass is 10.1. The number of benzene rings is 1. The second-order valence-electron chi connectivity index (χ2n) is 3.01. The maximum absolute atomic E-state index is 5.52. The lowest BCUT2D eigenvalue weighted by molar-refractivity contribution is 1.14. The third kappa shape index (κ3) is 3.03. The number of nitrogens with zero attached hydrogens (tertiary/aromatic N) is 2. The first-order chi connectivity index (χ1) is 7.79. The Balaban J connectivity index is 0.000000606. The van der Waals surface area contributed by atoms with Crippen molar-refractivity contribution in [3.8, 4) is 11.4 Å². The first kappa shape index (κ1) is 12.6. The number of hydrogen-bond acceptors (Lipinski definition) is 4. The quantitative estimate of drug-likeness (QED) is 0.868.